The standard InChI is InChI=1S/C22H20F3N5O2/c23-12-4-5-19(30-10-13(26)9-14(30)11-31)18(8-12)29-22(32)17-6-7-27-21(28-17)20-15(24)2-1-3-16(20)25/h1-8,13-14,31H,9-11,26H2,(H,29,32)/t13-,14-/m0/s1. The lowest BCUT2D eigenvalue weighted by atomic mass is 10.1. The van der Waals surface area contributed by atoms with E-state index in [4.69, 9.17) is 5.73 Å². The summed E-state index contributed by atoms with van der Waals surface area (Å²) in [5.74, 6) is -3.32. The van der Waals surface area contributed by atoms with Gasteiger partial charge in [0.25, 0.3) is 5.91 Å². The van der Waals surface area contributed by atoms with E-state index in [-0.39, 0.29) is 35.9 Å². The number of nitrogens with two attached hydrogens (primary N) is 1. The van der Waals surface area contributed by atoms with Crippen molar-refractivity contribution in [2.75, 3.05) is 23.4 Å². The summed E-state index contributed by atoms with van der Waals surface area (Å²) in [5.41, 5.74) is 6.03. The van der Waals surface area contributed by atoms with E-state index in [1.54, 1.807) is 4.90 Å². The van der Waals surface area contributed by atoms with Crippen molar-refractivity contribution in [1.29, 1.82) is 0 Å². The molecular weight excluding hydrogens is 423 g/mol. The summed E-state index contributed by atoms with van der Waals surface area (Å²) in [6.45, 7) is 0.270. The molecule has 2 heterocycles. The molecule has 1 aliphatic heterocycles. The van der Waals surface area contributed by atoms with E-state index in [0.717, 1.165) is 18.2 Å². The molecule has 166 valence electrons. The first kappa shape index (κ1) is 21.7. The first-order chi connectivity index (χ1) is 15.4. The van der Waals surface area contributed by atoms with E-state index < -0.39 is 28.9 Å². The molecule has 0 spiro atoms. The second-order valence-corrected chi connectivity index (χ2v) is 7.46. The van der Waals surface area contributed by atoms with Crippen LogP contribution in [0.5, 0.6) is 0 Å². The molecule has 1 saturated heterocycles. The average molecular weight is 443 g/mol. The molecule has 0 bridgehead atoms. The van der Waals surface area contributed by atoms with E-state index in [9.17, 15) is 23.1 Å². The maximum atomic E-state index is 14.1. The fraction of sp³-hybridized carbons (Fsp3) is 0.227. The zero-order chi connectivity index (χ0) is 22.8. The Morgan fingerprint density at radius 3 is 2.66 bits per heavy atom. The smallest absolute Gasteiger partial charge is 0.274 e. The Bertz CT molecular complexity index is 1140. The van der Waals surface area contributed by atoms with Gasteiger partial charge in [-0.15, -0.1) is 0 Å². The van der Waals surface area contributed by atoms with Gasteiger partial charge in [-0.25, -0.2) is 23.1 Å². The zero-order valence-corrected chi connectivity index (χ0v) is 16.8. The molecule has 2 aromatic carbocycles. The van der Waals surface area contributed by atoms with Gasteiger partial charge in [-0.3, -0.25) is 4.79 Å². The maximum Gasteiger partial charge on any atom is 0.274 e. The van der Waals surface area contributed by atoms with Crippen LogP contribution in [0.25, 0.3) is 11.4 Å². The molecular formula is C22H20F3N5O2. The number of anilines is 2. The summed E-state index contributed by atoms with van der Waals surface area (Å²) in [7, 11) is 0. The number of halogens is 3. The molecule has 32 heavy (non-hydrogen) atoms. The quantitative estimate of drug-likeness (QED) is 0.560. The number of amides is 1. The van der Waals surface area contributed by atoms with Crippen LogP contribution in [0.3, 0.4) is 0 Å². The monoisotopic (exact) mass is 443 g/mol. The summed E-state index contributed by atoms with van der Waals surface area (Å²) in [4.78, 5) is 22.5. The highest BCUT2D eigenvalue weighted by Crippen LogP contribution is 2.33. The van der Waals surface area contributed by atoms with Crippen LogP contribution in [0.1, 0.15) is 16.9 Å². The van der Waals surface area contributed by atoms with Crippen molar-refractivity contribution in [3.63, 3.8) is 0 Å². The Labute approximate surface area is 181 Å². The lowest BCUT2D eigenvalue weighted by Crippen LogP contribution is -2.33. The van der Waals surface area contributed by atoms with E-state index in [1.165, 1.54) is 30.5 Å². The largest absolute Gasteiger partial charge is 0.394 e. The fourth-order valence-electron chi connectivity index (χ4n) is 3.78. The highest BCUT2D eigenvalue weighted by atomic mass is 19.1. The molecule has 1 aliphatic rings. The Morgan fingerprint density at radius 2 is 1.94 bits per heavy atom. The predicted molar refractivity (Wildman–Crippen MR) is 113 cm³/mol. The van der Waals surface area contributed by atoms with Crippen LogP contribution in [-0.2, 0) is 0 Å². The molecule has 7 nitrogen and oxygen atoms in total. The minimum atomic E-state index is -0.865. The molecule has 4 rings (SSSR count). The number of rotatable bonds is 5. The van der Waals surface area contributed by atoms with Gasteiger partial charge in [0, 0.05) is 18.8 Å². The van der Waals surface area contributed by atoms with Crippen molar-refractivity contribution in [1.82, 2.24) is 9.97 Å². The van der Waals surface area contributed by atoms with E-state index >= 15 is 0 Å². The van der Waals surface area contributed by atoms with Crippen molar-refractivity contribution in [3.05, 3.63) is 71.8 Å². The van der Waals surface area contributed by atoms with Gasteiger partial charge in [0.05, 0.1) is 29.6 Å². The lowest BCUT2D eigenvalue weighted by Gasteiger charge is -2.27. The van der Waals surface area contributed by atoms with Crippen molar-refractivity contribution < 1.29 is 23.1 Å². The van der Waals surface area contributed by atoms with E-state index in [1.807, 2.05) is 0 Å². The van der Waals surface area contributed by atoms with Gasteiger partial charge in [-0.05, 0) is 42.8 Å². The molecule has 1 aromatic heterocycles. The minimum absolute atomic E-state index is 0.151. The zero-order valence-electron chi connectivity index (χ0n) is 16.8. The van der Waals surface area contributed by atoms with Crippen LogP contribution < -0.4 is 16.0 Å². The highest BCUT2D eigenvalue weighted by molar-refractivity contribution is 6.05. The number of nitrogens with one attached hydrogen (secondary N) is 1. The molecule has 0 saturated carbocycles. The summed E-state index contributed by atoms with van der Waals surface area (Å²) in [6.07, 6.45) is 1.75. The van der Waals surface area contributed by atoms with Crippen LogP contribution in [0.4, 0.5) is 24.5 Å². The van der Waals surface area contributed by atoms with Crippen molar-refractivity contribution >= 4 is 17.3 Å². The molecule has 0 unspecified atom stereocenters. The lowest BCUT2D eigenvalue weighted by molar-refractivity contribution is 0.102. The van der Waals surface area contributed by atoms with Gasteiger partial charge in [0.2, 0.25) is 0 Å². The van der Waals surface area contributed by atoms with Gasteiger partial charge >= 0.3 is 0 Å². The topological polar surface area (TPSA) is 104 Å². The summed E-state index contributed by atoms with van der Waals surface area (Å²) >= 11 is 0. The van der Waals surface area contributed by atoms with Crippen molar-refractivity contribution in [3.8, 4) is 11.4 Å². The van der Waals surface area contributed by atoms with E-state index in [2.05, 4.69) is 15.3 Å². The molecule has 3 aromatic rings. The normalized spacial score (nSPS) is 18.1. The fourth-order valence-corrected chi connectivity index (χ4v) is 3.78. The molecule has 0 aliphatic carbocycles. The molecule has 1 amide bonds. The Morgan fingerprint density at radius 1 is 1.19 bits per heavy atom. The van der Waals surface area contributed by atoms with Gasteiger partial charge in [0.15, 0.2) is 5.82 Å². The van der Waals surface area contributed by atoms with Crippen LogP contribution in [0.2, 0.25) is 0 Å². The van der Waals surface area contributed by atoms with Crippen LogP contribution in [-0.4, -0.2) is 46.2 Å². The van der Waals surface area contributed by atoms with Gasteiger partial charge in [-0.1, -0.05) is 6.07 Å². The number of carbonyl (C=O) groups is 1. The third kappa shape index (κ3) is 4.27. The van der Waals surface area contributed by atoms with Crippen LogP contribution >= 0.6 is 0 Å². The molecule has 2 atom stereocenters. The summed E-state index contributed by atoms with van der Waals surface area (Å²) < 4.78 is 42.1. The first-order valence-electron chi connectivity index (χ1n) is 9.88. The Hall–Kier alpha value is -3.50. The minimum Gasteiger partial charge on any atom is -0.394 e. The number of hydrogen-bond acceptors (Lipinski definition) is 6. The number of aromatic nitrogens is 2. The number of hydrogen-bond donors (Lipinski definition) is 3. The first-order valence-corrected chi connectivity index (χ1v) is 9.88. The van der Waals surface area contributed by atoms with Gasteiger partial charge in [0.1, 0.15) is 23.1 Å². The van der Waals surface area contributed by atoms with Gasteiger partial charge < -0.3 is 21.1 Å². The van der Waals surface area contributed by atoms with Crippen LogP contribution in [0.15, 0.2) is 48.7 Å². The Balaban J connectivity index is 1.65. The summed E-state index contributed by atoms with van der Waals surface area (Å²) in [5, 5.41) is 12.3. The number of aliphatic hydroxyl groups excluding tert-OH is 1. The van der Waals surface area contributed by atoms with E-state index in [0.29, 0.717) is 18.7 Å². The molecule has 10 heteroatoms. The number of carbonyl (C=O) groups excluding carboxylic acids is 1. The summed E-state index contributed by atoms with van der Waals surface area (Å²) in [6, 6.07) is 8.03. The second kappa shape index (κ2) is 8.93. The Kier molecular flexibility index (Phi) is 6.06. The average Bonchev–Trinajstić information content (AvgIpc) is 3.14. The van der Waals surface area contributed by atoms with Crippen molar-refractivity contribution in [2.45, 2.75) is 18.5 Å². The van der Waals surface area contributed by atoms with Crippen molar-refractivity contribution in [2.24, 2.45) is 5.73 Å². The number of nitrogens with zero attached hydrogens (tertiary/aromatic N) is 3. The highest BCUT2D eigenvalue weighted by Gasteiger charge is 2.31. The number of benzene rings is 2. The molecule has 1 fully saturated rings. The van der Waals surface area contributed by atoms with Gasteiger partial charge in [-0.2, -0.15) is 0 Å². The number of aliphatic hydroxyl groups is 1. The molecule has 0 radical (unpaired) electrons. The predicted octanol–water partition coefficient (Wildman–Crippen LogP) is 2.71. The second-order valence-electron chi connectivity index (χ2n) is 7.46. The SMILES string of the molecule is N[C@H]1C[C@@H](CO)N(c2ccc(F)cc2NC(=O)c2ccnc(-c3c(F)cccc3F)n2)C1. The third-order valence-corrected chi connectivity index (χ3v) is 5.25. The molecule has 4 N–H and O–H groups in total. The third-order valence-electron chi connectivity index (χ3n) is 5.25. The van der Waals surface area contributed by atoms with Crippen LogP contribution in [0, 0.1) is 17.5 Å². The maximum absolute atomic E-state index is 14.1.